The van der Waals surface area contributed by atoms with Crippen LogP contribution in [-0.2, 0) is 6.54 Å². The van der Waals surface area contributed by atoms with E-state index in [9.17, 15) is 4.39 Å². The molecule has 0 fully saturated rings. The normalized spacial score (nSPS) is 10.0. The second-order valence-electron chi connectivity index (χ2n) is 3.82. The first-order valence-corrected chi connectivity index (χ1v) is 6.29. The molecule has 0 aliphatic heterocycles. The first-order valence-electron chi connectivity index (χ1n) is 5.50. The van der Waals surface area contributed by atoms with E-state index in [1.54, 1.807) is 18.2 Å². The third-order valence-electron chi connectivity index (χ3n) is 2.52. The maximum atomic E-state index is 13.1. The zero-order chi connectivity index (χ0) is 13.8. The van der Waals surface area contributed by atoms with Crippen molar-refractivity contribution >= 4 is 15.9 Å². The van der Waals surface area contributed by atoms with Crippen molar-refractivity contribution in [2.24, 2.45) is 5.73 Å². The van der Waals surface area contributed by atoms with Crippen molar-refractivity contribution < 1.29 is 9.13 Å². The maximum Gasteiger partial charge on any atom is 0.145 e. The lowest BCUT2D eigenvalue weighted by atomic mass is 10.1. The van der Waals surface area contributed by atoms with Gasteiger partial charge in [0, 0.05) is 6.54 Å². The zero-order valence-corrected chi connectivity index (χ0v) is 11.4. The van der Waals surface area contributed by atoms with Gasteiger partial charge in [-0.05, 0) is 51.8 Å². The Morgan fingerprint density at radius 2 is 2.05 bits per heavy atom. The van der Waals surface area contributed by atoms with E-state index in [-0.39, 0.29) is 5.82 Å². The summed E-state index contributed by atoms with van der Waals surface area (Å²) in [4.78, 5) is 0. The monoisotopic (exact) mass is 320 g/mol. The summed E-state index contributed by atoms with van der Waals surface area (Å²) in [6.45, 7) is 0.358. The van der Waals surface area contributed by atoms with Gasteiger partial charge in [0.05, 0.1) is 10.0 Å². The molecular weight excluding hydrogens is 311 g/mol. The van der Waals surface area contributed by atoms with Crippen molar-refractivity contribution in [1.82, 2.24) is 0 Å². The number of hydrogen-bond acceptors (Lipinski definition) is 3. The van der Waals surface area contributed by atoms with Crippen molar-refractivity contribution in [1.29, 1.82) is 5.26 Å². The largest absolute Gasteiger partial charge is 0.456 e. The van der Waals surface area contributed by atoms with Gasteiger partial charge >= 0.3 is 0 Å². The minimum atomic E-state index is -0.369. The van der Waals surface area contributed by atoms with Gasteiger partial charge < -0.3 is 10.5 Å². The number of nitrogens with two attached hydrogens (primary N) is 1. The number of hydrogen-bond donors (Lipinski definition) is 1. The molecule has 0 radical (unpaired) electrons. The number of benzene rings is 2. The minimum absolute atomic E-state index is 0.307. The fraction of sp³-hybridized carbons (Fsp3) is 0.0714. The molecule has 2 aromatic rings. The van der Waals surface area contributed by atoms with Gasteiger partial charge in [0.2, 0.25) is 0 Å². The molecule has 0 amide bonds. The predicted molar refractivity (Wildman–Crippen MR) is 73.2 cm³/mol. The van der Waals surface area contributed by atoms with Crippen molar-refractivity contribution in [3.8, 4) is 17.6 Å². The van der Waals surface area contributed by atoms with E-state index in [4.69, 9.17) is 15.7 Å². The molecule has 2 N–H and O–H groups in total. The predicted octanol–water partition coefficient (Wildman–Crippen LogP) is 3.71. The Morgan fingerprint density at radius 3 is 2.68 bits per heavy atom. The van der Waals surface area contributed by atoms with Gasteiger partial charge in [0.25, 0.3) is 0 Å². The van der Waals surface area contributed by atoms with Gasteiger partial charge in [-0.15, -0.1) is 0 Å². The average molecular weight is 321 g/mol. The summed E-state index contributed by atoms with van der Waals surface area (Å²) in [5.41, 5.74) is 6.76. The summed E-state index contributed by atoms with van der Waals surface area (Å²) in [7, 11) is 0. The number of nitriles is 1. The van der Waals surface area contributed by atoms with Crippen LogP contribution in [0.3, 0.4) is 0 Å². The molecule has 0 atom stereocenters. The smallest absolute Gasteiger partial charge is 0.145 e. The molecule has 0 bridgehead atoms. The quantitative estimate of drug-likeness (QED) is 0.937. The molecule has 0 aliphatic rings. The summed E-state index contributed by atoms with van der Waals surface area (Å²) in [5, 5.41) is 9.08. The average Bonchev–Trinajstić information content (AvgIpc) is 2.43. The van der Waals surface area contributed by atoms with Gasteiger partial charge in [-0.25, -0.2) is 4.39 Å². The van der Waals surface area contributed by atoms with E-state index in [1.165, 1.54) is 18.2 Å². The molecular formula is C14H10BrFN2O. The highest BCUT2D eigenvalue weighted by Crippen LogP contribution is 2.28. The lowest BCUT2D eigenvalue weighted by Gasteiger charge is -2.09. The second kappa shape index (κ2) is 5.83. The van der Waals surface area contributed by atoms with Crippen LogP contribution in [0.4, 0.5) is 4.39 Å². The Labute approximate surface area is 118 Å². The van der Waals surface area contributed by atoms with Gasteiger partial charge in [-0.3, -0.25) is 0 Å². The Bertz CT molecular complexity index is 652. The summed E-state index contributed by atoms with van der Waals surface area (Å²) < 4.78 is 19.0. The standard InChI is InChI=1S/C14H10BrFN2O/c15-12-6-11(2-3-13(12)16)19-14-4-1-9(7-17)5-10(14)8-18/h1-6H,7,17H2. The summed E-state index contributed by atoms with van der Waals surface area (Å²) in [5.74, 6) is 0.495. The number of ether oxygens (including phenoxy) is 1. The van der Waals surface area contributed by atoms with Crippen molar-refractivity contribution in [2.75, 3.05) is 0 Å². The summed E-state index contributed by atoms with van der Waals surface area (Å²) >= 11 is 3.08. The second-order valence-corrected chi connectivity index (χ2v) is 4.68. The number of nitrogens with zero attached hydrogens (tertiary/aromatic N) is 1. The van der Waals surface area contributed by atoms with Crippen molar-refractivity contribution in [2.45, 2.75) is 6.54 Å². The molecule has 96 valence electrons. The van der Waals surface area contributed by atoms with Crippen molar-refractivity contribution in [3.05, 3.63) is 57.8 Å². The molecule has 19 heavy (non-hydrogen) atoms. The molecule has 3 nitrogen and oxygen atoms in total. The van der Waals surface area contributed by atoms with Crippen LogP contribution in [0, 0.1) is 17.1 Å². The number of halogens is 2. The topological polar surface area (TPSA) is 59.0 Å². The lowest BCUT2D eigenvalue weighted by Crippen LogP contribution is -1.97. The van der Waals surface area contributed by atoms with E-state index in [0.717, 1.165) is 5.56 Å². The molecule has 5 heteroatoms. The highest BCUT2D eigenvalue weighted by Gasteiger charge is 2.07. The Hall–Kier alpha value is -1.90. The van der Waals surface area contributed by atoms with Crippen molar-refractivity contribution in [3.63, 3.8) is 0 Å². The maximum absolute atomic E-state index is 13.1. The molecule has 0 spiro atoms. The van der Waals surface area contributed by atoms with Crippen LogP contribution in [0.15, 0.2) is 40.9 Å². The van der Waals surface area contributed by atoms with E-state index in [1.807, 2.05) is 0 Å². The molecule has 0 aromatic heterocycles. The Balaban J connectivity index is 2.33. The highest BCUT2D eigenvalue weighted by molar-refractivity contribution is 9.10. The fourth-order valence-electron chi connectivity index (χ4n) is 1.55. The third-order valence-corrected chi connectivity index (χ3v) is 3.13. The molecule has 2 aromatic carbocycles. The fourth-order valence-corrected chi connectivity index (χ4v) is 1.91. The van der Waals surface area contributed by atoms with Crippen LogP contribution < -0.4 is 10.5 Å². The minimum Gasteiger partial charge on any atom is -0.456 e. The van der Waals surface area contributed by atoms with Crippen LogP contribution in [0.5, 0.6) is 11.5 Å². The van der Waals surface area contributed by atoms with Crippen LogP contribution >= 0.6 is 15.9 Å². The Morgan fingerprint density at radius 1 is 1.26 bits per heavy atom. The first kappa shape index (κ1) is 13.5. The van der Waals surface area contributed by atoms with Gasteiger partial charge in [0.15, 0.2) is 0 Å². The van der Waals surface area contributed by atoms with E-state index >= 15 is 0 Å². The SMILES string of the molecule is N#Cc1cc(CN)ccc1Oc1ccc(F)c(Br)c1. The highest BCUT2D eigenvalue weighted by atomic mass is 79.9. The molecule has 2 rings (SSSR count). The van der Waals surface area contributed by atoms with Crippen LogP contribution in [0.2, 0.25) is 0 Å². The molecule has 0 unspecified atom stereocenters. The van der Waals surface area contributed by atoms with E-state index in [0.29, 0.717) is 28.1 Å². The van der Waals surface area contributed by atoms with Gasteiger partial charge in [-0.1, -0.05) is 6.07 Å². The van der Waals surface area contributed by atoms with Crippen LogP contribution in [0.25, 0.3) is 0 Å². The third kappa shape index (κ3) is 3.11. The lowest BCUT2D eigenvalue weighted by molar-refractivity contribution is 0.478. The first-order chi connectivity index (χ1) is 9.13. The summed E-state index contributed by atoms with van der Waals surface area (Å²) in [6.07, 6.45) is 0. The zero-order valence-electron chi connectivity index (χ0n) is 9.86. The van der Waals surface area contributed by atoms with Crippen LogP contribution in [0.1, 0.15) is 11.1 Å². The molecule has 0 saturated carbocycles. The van der Waals surface area contributed by atoms with E-state index in [2.05, 4.69) is 22.0 Å². The van der Waals surface area contributed by atoms with Crippen LogP contribution in [-0.4, -0.2) is 0 Å². The molecule has 0 aliphatic carbocycles. The van der Waals surface area contributed by atoms with E-state index < -0.39 is 0 Å². The summed E-state index contributed by atoms with van der Waals surface area (Å²) in [6, 6.07) is 11.5. The Kier molecular flexibility index (Phi) is 4.15. The van der Waals surface area contributed by atoms with Gasteiger partial charge in [-0.2, -0.15) is 5.26 Å². The molecule has 0 saturated heterocycles. The van der Waals surface area contributed by atoms with Gasteiger partial charge in [0.1, 0.15) is 23.4 Å². The number of rotatable bonds is 3. The molecule has 0 heterocycles.